The molecule has 3 heterocycles. The summed E-state index contributed by atoms with van der Waals surface area (Å²) in [5, 5.41) is 5.57. The van der Waals surface area contributed by atoms with Gasteiger partial charge in [-0.05, 0) is 18.6 Å². The summed E-state index contributed by atoms with van der Waals surface area (Å²) in [6.07, 6.45) is 0.521. The molecule has 0 aliphatic carbocycles. The highest BCUT2D eigenvalue weighted by Gasteiger charge is 2.31. The molecule has 8 nitrogen and oxygen atoms in total. The Kier molecular flexibility index (Phi) is 4.82. The zero-order valence-corrected chi connectivity index (χ0v) is 14.3. The molecule has 2 fully saturated rings. The van der Waals surface area contributed by atoms with Crippen LogP contribution in [0.1, 0.15) is 18.9 Å². The fourth-order valence-electron chi connectivity index (χ4n) is 3.37. The Morgan fingerprint density at radius 2 is 1.88 bits per heavy atom. The lowest BCUT2D eigenvalue weighted by Gasteiger charge is -2.29. The number of nitrogens with zero attached hydrogens (tertiary/aromatic N) is 2. The molecule has 1 atom stereocenters. The van der Waals surface area contributed by atoms with Gasteiger partial charge in [-0.3, -0.25) is 19.5 Å². The zero-order valence-electron chi connectivity index (χ0n) is 13.5. The van der Waals surface area contributed by atoms with Gasteiger partial charge < -0.3 is 14.6 Å². The molecule has 0 saturated carbocycles. The van der Waals surface area contributed by atoms with Crippen LogP contribution in [-0.4, -0.2) is 42.6 Å². The van der Waals surface area contributed by atoms with Gasteiger partial charge in [0, 0.05) is 44.4 Å². The summed E-state index contributed by atoms with van der Waals surface area (Å²) in [6.45, 7) is 3.62. The van der Waals surface area contributed by atoms with Gasteiger partial charge >= 0.3 is 5.76 Å². The number of piperazine rings is 1. The molecule has 2 aromatic rings. The van der Waals surface area contributed by atoms with Gasteiger partial charge in [0.1, 0.15) is 6.04 Å². The largest absolute Gasteiger partial charge is 0.420 e. The van der Waals surface area contributed by atoms with Crippen LogP contribution in [0.15, 0.2) is 27.4 Å². The lowest BCUT2D eigenvalue weighted by Crippen LogP contribution is -2.43. The Morgan fingerprint density at radius 1 is 1.12 bits per heavy atom. The summed E-state index contributed by atoms with van der Waals surface area (Å²) in [4.78, 5) is 37.9. The number of nitrogens with one attached hydrogen (secondary N) is 2. The number of carbonyl (C=O) groups is 2. The van der Waals surface area contributed by atoms with Crippen molar-refractivity contribution in [3.05, 3.63) is 28.7 Å². The number of fused-ring (bicyclic) bond motifs is 1. The number of amides is 2. The first-order chi connectivity index (χ1) is 11.6. The fourth-order valence-corrected chi connectivity index (χ4v) is 3.37. The van der Waals surface area contributed by atoms with Crippen LogP contribution < -0.4 is 21.3 Å². The molecule has 2 saturated heterocycles. The van der Waals surface area contributed by atoms with Gasteiger partial charge in [0.15, 0.2) is 5.58 Å². The number of hydrogen-bond acceptors (Lipinski definition) is 6. The van der Waals surface area contributed by atoms with Crippen molar-refractivity contribution >= 4 is 41.0 Å². The maximum absolute atomic E-state index is 12.3. The summed E-state index contributed by atoms with van der Waals surface area (Å²) in [5.41, 5.74) is 2.03. The van der Waals surface area contributed by atoms with E-state index in [0.717, 1.165) is 31.9 Å². The number of rotatable bonds is 2. The molecule has 1 aromatic heterocycles. The molecule has 134 valence electrons. The van der Waals surface area contributed by atoms with E-state index in [1.165, 1.54) is 4.57 Å². The number of oxazole rings is 1. The summed E-state index contributed by atoms with van der Waals surface area (Å²) in [5.74, 6) is -1.34. The molecule has 0 spiro atoms. The van der Waals surface area contributed by atoms with Crippen molar-refractivity contribution in [2.75, 3.05) is 31.1 Å². The second kappa shape index (κ2) is 6.89. The van der Waals surface area contributed by atoms with E-state index in [1.54, 1.807) is 6.07 Å². The van der Waals surface area contributed by atoms with Gasteiger partial charge in [-0.1, -0.05) is 0 Å². The second-order valence-electron chi connectivity index (χ2n) is 6.09. The molecular weight excluding hydrogens is 348 g/mol. The van der Waals surface area contributed by atoms with Crippen LogP contribution in [0.2, 0.25) is 0 Å². The minimum absolute atomic E-state index is 0. The molecular formula is C16H19ClN4O4. The van der Waals surface area contributed by atoms with Crippen molar-refractivity contribution < 1.29 is 14.0 Å². The Bertz CT molecular complexity index is 869. The van der Waals surface area contributed by atoms with Crippen molar-refractivity contribution in [2.24, 2.45) is 0 Å². The van der Waals surface area contributed by atoms with E-state index >= 15 is 0 Å². The molecule has 2 aliphatic rings. The first-order valence-corrected chi connectivity index (χ1v) is 8.08. The molecule has 9 heteroatoms. The highest BCUT2D eigenvalue weighted by Crippen LogP contribution is 2.26. The molecule has 2 amide bonds. The zero-order chi connectivity index (χ0) is 16.7. The van der Waals surface area contributed by atoms with E-state index in [2.05, 4.69) is 15.5 Å². The fraction of sp³-hybridized carbons (Fsp3) is 0.438. The van der Waals surface area contributed by atoms with Crippen LogP contribution in [0.5, 0.6) is 0 Å². The number of hydrogen-bond donors (Lipinski definition) is 2. The number of aromatic nitrogens is 1. The van der Waals surface area contributed by atoms with Gasteiger partial charge in [-0.25, -0.2) is 4.79 Å². The first-order valence-electron chi connectivity index (χ1n) is 8.08. The number of piperidine rings is 1. The van der Waals surface area contributed by atoms with Crippen LogP contribution in [0.3, 0.4) is 0 Å². The van der Waals surface area contributed by atoms with Gasteiger partial charge in [-0.15, -0.1) is 12.4 Å². The summed E-state index contributed by atoms with van der Waals surface area (Å²) in [6, 6.07) is 4.87. The molecule has 2 aliphatic heterocycles. The van der Waals surface area contributed by atoms with Crippen LogP contribution in [0, 0.1) is 0 Å². The second-order valence-corrected chi connectivity index (χ2v) is 6.09. The number of carbonyl (C=O) groups excluding carboxylic acids is 2. The van der Waals surface area contributed by atoms with E-state index in [1.807, 2.05) is 12.1 Å². The Hall–Kier alpha value is -2.32. The van der Waals surface area contributed by atoms with E-state index in [4.69, 9.17) is 4.42 Å². The Balaban J connectivity index is 0.00000182. The third-order valence-corrected chi connectivity index (χ3v) is 4.60. The average Bonchev–Trinajstić information content (AvgIpc) is 2.91. The third-order valence-electron chi connectivity index (χ3n) is 4.60. The van der Waals surface area contributed by atoms with Gasteiger partial charge in [-0.2, -0.15) is 0 Å². The minimum atomic E-state index is -0.707. The van der Waals surface area contributed by atoms with Crippen molar-refractivity contribution in [2.45, 2.75) is 18.9 Å². The molecule has 2 N–H and O–H groups in total. The maximum Gasteiger partial charge on any atom is 0.420 e. The van der Waals surface area contributed by atoms with Crippen molar-refractivity contribution in [3.63, 3.8) is 0 Å². The Labute approximate surface area is 149 Å². The molecule has 0 bridgehead atoms. The monoisotopic (exact) mass is 366 g/mol. The van der Waals surface area contributed by atoms with E-state index in [-0.39, 0.29) is 24.7 Å². The average molecular weight is 367 g/mol. The minimum Gasteiger partial charge on any atom is -0.408 e. The third kappa shape index (κ3) is 3.14. The van der Waals surface area contributed by atoms with Crippen LogP contribution in [0.4, 0.5) is 5.69 Å². The normalized spacial score (nSPS) is 21.1. The van der Waals surface area contributed by atoms with Gasteiger partial charge in [0.25, 0.3) is 0 Å². The topological polar surface area (TPSA) is 96.6 Å². The molecule has 4 rings (SSSR count). The predicted octanol–water partition coefficient (Wildman–Crippen LogP) is 0.404. The molecule has 1 aromatic carbocycles. The number of halogens is 1. The summed E-state index contributed by atoms with van der Waals surface area (Å²) in [7, 11) is 0. The quantitative estimate of drug-likeness (QED) is 0.747. The smallest absolute Gasteiger partial charge is 0.408 e. The highest BCUT2D eigenvalue weighted by molar-refractivity contribution is 6.00. The lowest BCUT2D eigenvalue weighted by atomic mass is 10.1. The summed E-state index contributed by atoms with van der Waals surface area (Å²) < 4.78 is 6.70. The SMILES string of the molecule is Cl.O=C1CCC(n2c(=O)oc3cc(N4CCNCC4)ccc32)C(=O)N1. The molecule has 0 radical (unpaired) electrons. The van der Waals surface area contributed by atoms with Crippen LogP contribution in [0.25, 0.3) is 11.1 Å². The Morgan fingerprint density at radius 3 is 2.60 bits per heavy atom. The molecule has 25 heavy (non-hydrogen) atoms. The van der Waals surface area contributed by atoms with E-state index < -0.39 is 17.7 Å². The lowest BCUT2D eigenvalue weighted by molar-refractivity contribution is -0.135. The molecule has 1 unspecified atom stereocenters. The first kappa shape index (κ1) is 17.5. The number of imide groups is 1. The predicted molar refractivity (Wildman–Crippen MR) is 94.2 cm³/mol. The number of benzene rings is 1. The maximum atomic E-state index is 12.3. The van der Waals surface area contributed by atoms with Gasteiger partial charge in [0.05, 0.1) is 5.52 Å². The van der Waals surface area contributed by atoms with E-state index in [0.29, 0.717) is 17.5 Å². The van der Waals surface area contributed by atoms with Gasteiger partial charge in [0.2, 0.25) is 11.8 Å². The van der Waals surface area contributed by atoms with Crippen molar-refractivity contribution in [1.82, 2.24) is 15.2 Å². The summed E-state index contributed by atoms with van der Waals surface area (Å²) >= 11 is 0. The van der Waals surface area contributed by atoms with Crippen molar-refractivity contribution in [3.8, 4) is 0 Å². The number of anilines is 1. The highest BCUT2D eigenvalue weighted by atomic mass is 35.5. The van der Waals surface area contributed by atoms with Crippen LogP contribution >= 0.6 is 12.4 Å². The van der Waals surface area contributed by atoms with Crippen LogP contribution in [-0.2, 0) is 9.59 Å². The van der Waals surface area contributed by atoms with Crippen molar-refractivity contribution in [1.29, 1.82) is 0 Å². The van der Waals surface area contributed by atoms with E-state index in [9.17, 15) is 14.4 Å². The standard InChI is InChI=1S/C16H18N4O4.ClH/c21-14-4-3-12(15(22)18-14)20-11-2-1-10(9-13(11)24-16(20)23)19-7-5-17-6-8-19;/h1-2,9,12,17H,3-8H2,(H,18,21,22);1H.